The van der Waals surface area contributed by atoms with Crippen molar-refractivity contribution in [1.82, 2.24) is 24.6 Å². The monoisotopic (exact) mass is 381 g/mol. The van der Waals surface area contributed by atoms with E-state index in [1.165, 1.54) is 0 Å². The number of nitrogens with zero attached hydrogens (tertiary/aromatic N) is 4. The van der Waals surface area contributed by atoms with Crippen LogP contribution in [-0.4, -0.2) is 43.8 Å². The third-order valence-electron chi connectivity index (χ3n) is 5.03. The zero-order valence-corrected chi connectivity index (χ0v) is 16.7. The van der Waals surface area contributed by atoms with Crippen molar-refractivity contribution in [3.05, 3.63) is 47.0 Å². The standard InChI is InChI=1S/C21H27N5O2/c1-4-28-21(27)20-15-12-25(10-9-18(15)26(24-20)11-14(2)3)13-19-22-16-7-5-6-8-17(16)23-19/h5-8,14H,4,9-13H2,1-3H3,(H,22,23). The van der Waals surface area contributed by atoms with E-state index in [0.717, 1.165) is 47.6 Å². The molecular weight excluding hydrogens is 354 g/mol. The van der Waals surface area contributed by atoms with Gasteiger partial charge in [0.15, 0.2) is 5.69 Å². The average Bonchev–Trinajstić information content (AvgIpc) is 3.22. The van der Waals surface area contributed by atoms with Gasteiger partial charge in [-0.15, -0.1) is 0 Å². The molecule has 28 heavy (non-hydrogen) atoms. The first-order chi connectivity index (χ1) is 13.5. The molecule has 0 atom stereocenters. The molecule has 1 aromatic carbocycles. The minimum absolute atomic E-state index is 0.327. The van der Waals surface area contributed by atoms with E-state index in [0.29, 0.717) is 31.3 Å². The summed E-state index contributed by atoms with van der Waals surface area (Å²) >= 11 is 0. The summed E-state index contributed by atoms with van der Waals surface area (Å²) in [6.07, 6.45) is 0.870. The van der Waals surface area contributed by atoms with Crippen molar-refractivity contribution in [2.45, 2.75) is 46.8 Å². The van der Waals surface area contributed by atoms with Gasteiger partial charge in [-0.3, -0.25) is 9.58 Å². The summed E-state index contributed by atoms with van der Waals surface area (Å²) in [6, 6.07) is 8.05. The normalized spacial score (nSPS) is 14.6. The number of rotatable bonds is 6. The number of aromatic nitrogens is 4. The van der Waals surface area contributed by atoms with E-state index in [-0.39, 0.29) is 5.97 Å². The first kappa shape index (κ1) is 18.7. The van der Waals surface area contributed by atoms with E-state index in [1.54, 1.807) is 0 Å². The average molecular weight is 381 g/mol. The number of benzene rings is 1. The SMILES string of the molecule is CCOC(=O)c1nn(CC(C)C)c2c1CN(Cc1nc3ccccc3[nH]1)CC2. The largest absolute Gasteiger partial charge is 0.461 e. The fourth-order valence-corrected chi connectivity index (χ4v) is 3.83. The summed E-state index contributed by atoms with van der Waals surface area (Å²) in [5.41, 5.74) is 4.66. The van der Waals surface area contributed by atoms with Gasteiger partial charge in [-0.05, 0) is 25.0 Å². The Balaban J connectivity index is 1.59. The van der Waals surface area contributed by atoms with Gasteiger partial charge in [0.1, 0.15) is 5.82 Å². The lowest BCUT2D eigenvalue weighted by molar-refractivity contribution is 0.0515. The molecule has 0 aliphatic carbocycles. The van der Waals surface area contributed by atoms with Gasteiger partial charge in [0.05, 0.1) is 24.2 Å². The highest BCUT2D eigenvalue weighted by Crippen LogP contribution is 2.25. The number of ether oxygens (including phenoxy) is 1. The lowest BCUT2D eigenvalue weighted by atomic mass is 10.0. The molecule has 0 bridgehead atoms. The van der Waals surface area contributed by atoms with Gasteiger partial charge in [0, 0.05) is 37.3 Å². The van der Waals surface area contributed by atoms with Crippen LogP contribution in [0.15, 0.2) is 24.3 Å². The van der Waals surface area contributed by atoms with Gasteiger partial charge in [-0.2, -0.15) is 5.10 Å². The number of aromatic amines is 1. The summed E-state index contributed by atoms with van der Waals surface area (Å²) < 4.78 is 7.26. The highest BCUT2D eigenvalue weighted by Gasteiger charge is 2.29. The number of hydrogen-bond donors (Lipinski definition) is 1. The Bertz CT molecular complexity index is 955. The van der Waals surface area contributed by atoms with Crippen LogP contribution in [0.1, 0.15) is 48.3 Å². The van der Waals surface area contributed by atoms with E-state index in [1.807, 2.05) is 35.9 Å². The molecule has 0 unspecified atom stereocenters. The first-order valence-electron chi connectivity index (χ1n) is 9.96. The molecule has 1 aliphatic rings. The fraction of sp³-hybridized carbons (Fsp3) is 0.476. The van der Waals surface area contributed by atoms with E-state index in [4.69, 9.17) is 4.74 Å². The molecule has 0 fully saturated rings. The summed E-state index contributed by atoms with van der Waals surface area (Å²) in [4.78, 5) is 22.8. The fourth-order valence-electron chi connectivity index (χ4n) is 3.83. The number of imidazole rings is 1. The number of hydrogen-bond acceptors (Lipinski definition) is 5. The molecule has 3 heterocycles. The van der Waals surface area contributed by atoms with Crippen LogP contribution in [0.25, 0.3) is 11.0 Å². The number of para-hydroxylation sites is 2. The molecule has 7 heteroatoms. The predicted octanol–water partition coefficient (Wildman–Crippen LogP) is 3.15. The van der Waals surface area contributed by atoms with E-state index in [9.17, 15) is 4.79 Å². The minimum Gasteiger partial charge on any atom is -0.461 e. The van der Waals surface area contributed by atoms with Gasteiger partial charge in [0.25, 0.3) is 0 Å². The molecule has 1 N–H and O–H groups in total. The van der Waals surface area contributed by atoms with Gasteiger partial charge in [-0.1, -0.05) is 26.0 Å². The lowest BCUT2D eigenvalue weighted by Gasteiger charge is -2.27. The van der Waals surface area contributed by atoms with Crippen LogP contribution in [0.2, 0.25) is 0 Å². The van der Waals surface area contributed by atoms with Crippen molar-refractivity contribution in [2.75, 3.05) is 13.2 Å². The number of carbonyl (C=O) groups is 1. The number of carbonyl (C=O) groups excluding carboxylic acids is 1. The second-order valence-electron chi connectivity index (χ2n) is 7.73. The van der Waals surface area contributed by atoms with E-state index >= 15 is 0 Å². The Labute approximate surface area is 164 Å². The number of H-pyrrole nitrogens is 1. The third-order valence-corrected chi connectivity index (χ3v) is 5.03. The second-order valence-corrected chi connectivity index (χ2v) is 7.73. The Morgan fingerprint density at radius 1 is 1.32 bits per heavy atom. The van der Waals surface area contributed by atoms with Gasteiger partial charge in [0.2, 0.25) is 0 Å². The molecule has 4 rings (SSSR count). The van der Waals surface area contributed by atoms with Crippen LogP contribution >= 0.6 is 0 Å². The topological polar surface area (TPSA) is 76.0 Å². The summed E-state index contributed by atoms with van der Waals surface area (Å²) in [5.74, 6) is 1.08. The second kappa shape index (κ2) is 7.75. The summed E-state index contributed by atoms with van der Waals surface area (Å²) in [6.45, 7) is 9.62. The number of fused-ring (bicyclic) bond motifs is 2. The summed E-state index contributed by atoms with van der Waals surface area (Å²) in [5, 5.41) is 4.62. The molecule has 0 amide bonds. The molecular formula is C21H27N5O2. The Hall–Kier alpha value is -2.67. The molecule has 0 saturated carbocycles. The maximum absolute atomic E-state index is 12.5. The zero-order valence-electron chi connectivity index (χ0n) is 16.7. The van der Waals surface area contributed by atoms with E-state index < -0.39 is 0 Å². The highest BCUT2D eigenvalue weighted by molar-refractivity contribution is 5.89. The maximum Gasteiger partial charge on any atom is 0.359 e. The molecule has 0 saturated heterocycles. The Morgan fingerprint density at radius 2 is 2.14 bits per heavy atom. The van der Waals surface area contributed by atoms with Crippen molar-refractivity contribution < 1.29 is 9.53 Å². The third kappa shape index (κ3) is 3.67. The van der Waals surface area contributed by atoms with Gasteiger partial charge >= 0.3 is 5.97 Å². The quantitative estimate of drug-likeness (QED) is 0.664. The van der Waals surface area contributed by atoms with Crippen molar-refractivity contribution in [3.63, 3.8) is 0 Å². The Morgan fingerprint density at radius 3 is 2.89 bits per heavy atom. The molecule has 1 aliphatic heterocycles. The van der Waals surface area contributed by atoms with Crippen LogP contribution in [0.4, 0.5) is 0 Å². The van der Waals surface area contributed by atoms with Gasteiger partial charge in [-0.25, -0.2) is 9.78 Å². The van der Waals surface area contributed by atoms with Crippen molar-refractivity contribution in [3.8, 4) is 0 Å². The van der Waals surface area contributed by atoms with Crippen molar-refractivity contribution in [2.24, 2.45) is 5.92 Å². The van der Waals surface area contributed by atoms with Crippen molar-refractivity contribution in [1.29, 1.82) is 0 Å². The van der Waals surface area contributed by atoms with Crippen LogP contribution in [0, 0.1) is 5.92 Å². The van der Waals surface area contributed by atoms with Crippen LogP contribution < -0.4 is 0 Å². The highest BCUT2D eigenvalue weighted by atomic mass is 16.5. The molecule has 7 nitrogen and oxygen atoms in total. The zero-order chi connectivity index (χ0) is 19.7. The predicted molar refractivity (Wildman–Crippen MR) is 107 cm³/mol. The van der Waals surface area contributed by atoms with E-state index in [2.05, 4.69) is 33.8 Å². The minimum atomic E-state index is -0.327. The smallest absolute Gasteiger partial charge is 0.359 e. The molecule has 0 spiro atoms. The van der Waals surface area contributed by atoms with Crippen LogP contribution in [-0.2, 0) is 30.8 Å². The molecule has 2 aromatic heterocycles. The molecule has 0 radical (unpaired) electrons. The number of esters is 1. The molecule has 148 valence electrons. The van der Waals surface area contributed by atoms with Crippen LogP contribution in [0.5, 0.6) is 0 Å². The van der Waals surface area contributed by atoms with Gasteiger partial charge < -0.3 is 9.72 Å². The van der Waals surface area contributed by atoms with Crippen molar-refractivity contribution >= 4 is 17.0 Å². The Kier molecular flexibility index (Phi) is 5.17. The first-order valence-corrected chi connectivity index (χ1v) is 9.96. The summed E-state index contributed by atoms with van der Waals surface area (Å²) in [7, 11) is 0. The number of nitrogens with one attached hydrogen (secondary N) is 1. The maximum atomic E-state index is 12.5. The lowest BCUT2D eigenvalue weighted by Crippen LogP contribution is -2.32. The van der Waals surface area contributed by atoms with Crippen LogP contribution in [0.3, 0.4) is 0 Å². The molecule has 3 aromatic rings.